The molecule has 0 aliphatic carbocycles. The van der Waals surface area contributed by atoms with Crippen molar-refractivity contribution in [1.82, 2.24) is 24.8 Å². The number of aromatic nitrogens is 3. The lowest BCUT2D eigenvalue weighted by Gasteiger charge is -2.47. The van der Waals surface area contributed by atoms with E-state index in [9.17, 15) is 9.59 Å². The summed E-state index contributed by atoms with van der Waals surface area (Å²) in [6, 6.07) is 3.32. The minimum Gasteiger partial charge on any atom is -0.384 e. The van der Waals surface area contributed by atoms with E-state index >= 15 is 0 Å². The number of nitrogens with zero attached hydrogens (tertiary/aromatic N) is 5. The molecular weight excluding hydrogens is 368 g/mol. The molecule has 2 N–H and O–H groups in total. The first-order valence-corrected chi connectivity index (χ1v) is 10.0. The molecule has 0 bridgehead atoms. The van der Waals surface area contributed by atoms with E-state index in [1.807, 2.05) is 16.7 Å². The number of likely N-dealkylation sites (tertiary alicyclic amines) is 2. The van der Waals surface area contributed by atoms with Crippen molar-refractivity contribution in [3.63, 3.8) is 0 Å². The van der Waals surface area contributed by atoms with Crippen LogP contribution in [0.15, 0.2) is 30.7 Å². The molecule has 0 atom stereocenters. The first-order chi connectivity index (χ1) is 13.9. The average molecular weight is 394 g/mol. The van der Waals surface area contributed by atoms with Crippen molar-refractivity contribution in [2.75, 3.05) is 25.4 Å². The van der Waals surface area contributed by atoms with Crippen LogP contribution in [0.4, 0.5) is 5.82 Å². The summed E-state index contributed by atoms with van der Waals surface area (Å²) < 4.78 is 0. The number of hydrogen-bond acceptors (Lipinski definition) is 6. The topological polar surface area (TPSA) is 105 Å². The second-order valence-corrected chi connectivity index (χ2v) is 8.16. The van der Waals surface area contributed by atoms with Crippen molar-refractivity contribution < 1.29 is 9.59 Å². The Bertz CT molecular complexity index is 906. The summed E-state index contributed by atoms with van der Waals surface area (Å²) in [5.74, 6) is 0.515. The monoisotopic (exact) mass is 394 g/mol. The van der Waals surface area contributed by atoms with Gasteiger partial charge in [-0.3, -0.25) is 19.6 Å². The van der Waals surface area contributed by atoms with Gasteiger partial charge in [0.2, 0.25) is 5.91 Å². The highest BCUT2D eigenvalue weighted by Gasteiger charge is 2.41. The molecule has 0 unspecified atom stereocenters. The molecule has 2 aromatic heterocycles. The standard InChI is InChI=1S/C21H26N6O2/c1-15-11-25-17(12-24-15)13-27-14-21(4-2-19(27)28)5-8-26(9-6-21)20(29)16-3-7-23-18(22)10-16/h3,7,10-12H,2,4-6,8-9,13-14H2,1H3,(H2,22,23). The molecule has 0 aromatic carbocycles. The van der Waals surface area contributed by atoms with Crippen LogP contribution in [0.25, 0.3) is 0 Å². The number of nitrogen functional groups attached to an aromatic ring is 1. The third-order valence-corrected chi connectivity index (χ3v) is 6.07. The Morgan fingerprint density at radius 2 is 1.97 bits per heavy atom. The number of piperidine rings is 2. The van der Waals surface area contributed by atoms with Crippen LogP contribution < -0.4 is 5.73 Å². The van der Waals surface area contributed by atoms with Gasteiger partial charge in [-0.15, -0.1) is 0 Å². The number of carbonyl (C=O) groups is 2. The maximum absolute atomic E-state index is 12.8. The van der Waals surface area contributed by atoms with E-state index < -0.39 is 0 Å². The van der Waals surface area contributed by atoms with Crippen LogP contribution in [0.3, 0.4) is 0 Å². The van der Waals surface area contributed by atoms with Gasteiger partial charge in [0.25, 0.3) is 5.91 Å². The van der Waals surface area contributed by atoms with Gasteiger partial charge in [0.05, 0.1) is 24.1 Å². The highest BCUT2D eigenvalue weighted by molar-refractivity contribution is 5.94. The molecule has 4 rings (SSSR count). The molecule has 2 aromatic rings. The minimum absolute atomic E-state index is 0.00683. The van der Waals surface area contributed by atoms with Crippen LogP contribution in [0.1, 0.15) is 47.4 Å². The zero-order valence-corrected chi connectivity index (χ0v) is 16.7. The zero-order chi connectivity index (χ0) is 20.4. The van der Waals surface area contributed by atoms with Gasteiger partial charge in [0, 0.05) is 44.0 Å². The SMILES string of the molecule is Cc1cnc(CN2CC3(CCC2=O)CCN(C(=O)c2ccnc(N)c2)CC3)cn1. The third kappa shape index (κ3) is 4.21. The van der Waals surface area contributed by atoms with Crippen LogP contribution in [0.2, 0.25) is 0 Å². The molecule has 1 spiro atoms. The van der Waals surface area contributed by atoms with Crippen LogP contribution in [0.5, 0.6) is 0 Å². The van der Waals surface area contributed by atoms with Gasteiger partial charge in [0.1, 0.15) is 5.82 Å². The Morgan fingerprint density at radius 1 is 1.17 bits per heavy atom. The normalized spacial score (nSPS) is 18.9. The van der Waals surface area contributed by atoms with E-state index in [0.717, 1.165) is 30.7 Å². The number of amides is 2. The van der Waals surface area contributed by atoms with Gasteiger partial charge >= 0.3 is 0 Å². The van der Waals surface area contributed by atoms with E-state index in [-0.39, 0.29) is 17.2 Å². The predicted molar refractivity (Wildman–Crippen MR) is 108 cm³/mol. The van der Waals surface area contributed by atoms with Gasteiger partial charge in [-0.1, -0.05) is 0 Å². The Labute approximate surface area is 170 Å². The summed E-state index contributed by atoms with van der Waals surface area (Å²) in [4.78, 5) is 41.7. The highest BCUT2D eigenvalue weighted by Crippen LogP contribution is 2.40. The van der Waals surface area contributed by atoms with Crippen molar-refractivity contribution in [3.05, 3.63) is 47.7 Å². The first-order valence-electron chi connectivity index (χ1n) is 10.0. The fourth-order valence-electron chi connectivity index (χ4n) is 4.30. The fourth-order valence-corrected chi connectivity index (χ4v) is 4.30. The molecule has 29 heavy (non-hydrogen) atoms. The van der Waals surface area contributed by atoms with E-state index in [2.05, 4.69) is 15.0 Å². The number of nitrogens with two attached hydrogens (primary N) is 1. The molecule has 2 fully saturated rings. The number of hydrogen-bond donors (Lipinski definition) is 1. The van der Waals surface area contributed by atoms with E-state index in [4.69, 9.17) is 5.73 Å². The minimum atomic E-state index is -0.00683. The molecule has 2 amide bonds. The molecular formula is C21H26N6O2. The fraction of sp³-hybridized carbons (Fsp3) is 0.476. The second-order valence-electron chi connectivity index (χ2n) is 8.16. The van der Waals surface area contributed by atoms with Gasteiger partial charge in [-0.2, -0.15) is 0 Å². The summed E-state index contributed by atoms with van der Waals surface area (Å²) in [5, 5.41) is 0. The molecule has 2 aliphatic heterocycles. The molecule has 2 saturated heterocycles. The van der Waals surface area contributed by atoms with E-state index in [1.54, 1.807) is 30.7 Å². The van der Waals surface area contributed by atoms with Crippen LogP contribution in [-0.4, -0.2) is 56.2 Å². The molecule has 4 heterocycles. The number of anilines is 1. The predicted octanol–water partition coefficient (Wildman–Crippen LogP) is 1.81. The lowest BCUT2D eigenvalue weighted by molar-refractivity contribution is -0.139. The van der Waals surface area contributed by atoms with E-state index in [1.165, 1.54) is 0 Å². The van der Waals surface area contributed by atoms with Gasteiger partial charge in [-0.25, -0.2) is 4.98 Å². The Hall–Kier alpha value is -3.03. The number of carbonyl (C=O) groups excluding carboxylic acids is 2. The van der Waals surface area contributed by atoms with Crippen LogP contribution >= 0.6 is 0 Å². The van der Waals surface area contributed by atoms with Crippen molar-refractivity contribution in [3.8, 4) is 0 Å². The quantitative estimate of drug-likeness (QED) is 0.851. The van der Waals surface area contributed by atoms with Crippen molar-refractivity contribution in [1.29, 1.82) is 0 Å². The molecule has 2 aliphatic rings. The summed E-state index contributed by atoms with van der Waals surface area (Å²) in [6.45, 7) is 4.48. The lowest BCUT2D eigenvalue weighted by Crippen LogP contribution is -2.52. The van der Waals surface area contributed by atoms with Crippen molar-refractivity contribution in [2.24, 2.45) is 5.41 Å². The summed E-state index contributed by atoms with van der Waals surface area (Å²) in [7, 11) is 0. The number of rotatable bonds is 3. The first kappa shape index (κ1) is 19.3. The summed E-state index contributed by atoms with van der Waals surface area (Å²) >= 11 is 0. The highest BCUT2D eigenvalue weighted by atomic mass is 16.2. The smallest absolute Gasteiger partial charge is 0.254 e. The Balaban J connectivity index is 1.40. The third-order valence-electron chi connectivity index (χ3n) is 6.07. The zero-order valence-electron chi connectivity index (χ0n) is 16.7. The maximum atomic E-state index is 12.8. The van der Waals surface area contributed by atoms with Crippen molar-refractivity contribution >= 4 is 17.6 Å². The van der Waals surface area contributed by atoms with Crippen LogP contribution in [0, 0.1) is 12.3 Å². The maximum Gasteiger partial charge on any atom is 0.254 e. The average Bonchev–Trinajstić information content (AvgIpc) is 2.73. The van der Waals surface area contributed by atoms with Gasteiger partial charge < -0.3 is 15.5 Å². The second kappa shape index (κ2) is 7.77. The van der Waals surface area contributed by atoms with Gasteiger partial charge in [0.15, 0.2) is 0 Å². The molecule has 8 nitrogen and oxygen atoms in total. The van der Waals surface area contributed by atoms with Crippen molar-refractivity contribution in [2.45, 2.75) is 39.2 Å². The van der Waals surface area contributed by atoms with E-state index in [0.29, 0.717) is 44.0 Å². The molecule has 0 radical (unpaired) electrons. The molecule has 8 heteroatoms. The summed E-state index contributed by atoms with van der Waals surface area (Å²) in [5.41, 5.74) is 8.03. The number of pyridine rings is 1. The Morgan fingerprint density at radius 3 is 2.66 bits per heavy atom. The number of aryl methyl sites for hydroxylation is 1. The summed E-state index contributed by atoms with van der Waals surface area (Å²) in [6.07, 6.45) is 8.25. The van der Waals surface area contributed by atoms with Crippen LogP contribution in [-0.2, 0) is 11.3 Å². The molecule has 0 saturated carbocycles. The van der Waals surface area contributed by atoms with Gasteiger partial charge in [-0.05, 0) is 43.7 Å². The Kier molecular flexibility index (Phi) is 5.17. The molecule has 152 valence electrons. The largest absolute Gasteiger partial charge is 0.384 e. The lowest BCUT2D eigenvalue weighted by atomic mass is 9.72.